The van der Waals surface area contributed by atoms with Gasteiger partial charge in [-0.05, 0) is 44.2 Å². The summed E-state index contributed by atoms with van der Waals surface area (Å²) in [6, 6.07) is 14.6. The zero-order valence-electron chi connectivity index (χ0n) is 18.1. The number of esters is 1. The van der Waals surface area contributed by atoms with Crippen LogP contribution in [0.15, 0.2) is 69.9 Å². The second-order valence-electron chi connectivity index (χ2n) is 7.42. The maximum absolute atomic E-state index is 13.1. The standard InChI is InChI=1S/C24H18F3N3O4/c1-14-11-20(31)21(29-30(14)18-10-6-9-17(12-18)24(25,26)27)23(32)33-13-19-15(2)34-22(28-19)16-7-4-3-5-8-16/h3-12H,13H2,1-2H3. The van der Waals surface area contributed by atoms with Crippen LogP contribution in [0.4, 0.5) is 13.2 Å². The monoisotopic (exact) mass is 469 g/mol. The van der Waals surface area contributed by atoms with Gasteiger partial charge < -0.3 is 9.15 Å². The Kier molecular flexibility index (Phi) is 6.06. The van der Waals surface area contributed by atoms with E-state index in [1.807, 2.05) is 30.3 Å². The third-order valence-electron chi connectivity index (χ3n) is 4.97. The van der Waals surface area contributed by atoms with E-state index in [0.29, 0.717) is 17.3 Å². The highest BCUT2D eigenvalue weighted by atomic mass is 19.4. The van der Waals surface area contributed by atoms with Gasteiger partial charge in [-0.25, -0.2) is 14.5 Å². The van der Waals surface area contributed by atoms with E-state index in [2.05, 4.69) is 10.1 Å². The molecule has 174 valence electrons. The molecule has 2 aromatic heterocycles. The van der Waals surface area contributed by atoms with Gasteiger partial charge in [0, 0.05) is 17.3 Å². The van der Waals surface area contributed by atoms with Crippen molar-refractivity contribution in [2.45, 2.75) is 26.6 Å². The molecule has 0 aliphatic carbocycles. The van der Waals surface area contributed by atoms with E-state index in [9.17, 15) is 22.8 Å². The van der Waals surface area contributed by atoms with Crippen molar-refractivity contribution in [3.8, 4) is 17.1 Å². The minimum absolute atomic E-state index is 0.0428. The molecule has 0 bridgehead atoms. The smallest absolute Gasteiger partial charge is 0.416 e. The highest BCUT2D eigenvalue weighted by molar-refractivity contribution is 5.87. The van der Waals surface area contributed by atoms with Crippen molar-refractivity contribution in [1.82, 2.24) is 14.8 Å². The van der Waals surface area contributed by atoms with Crippen molar-refractivity contribution in [3.05, 3.63) is 99.3 Å². The molecule has 0 spiro atoms. The fraction of sp³-hybridized carbons (Fsp3) is 0.167. The third kappa shape index (κ3) is 4.75. The van der Waals surface area contributed by atoms with Crippen LogP contribution in [0.25, 0.3) is 17.1 Å². The van der Waals surface area contributed by atoms with Crippen LogP contribution in [0.3, 0.4) is 0 Å². The van der Waals surface area contributed by atoms with Crippen LogP contribution in [0.5, 0.6) is 0 Å². The lowest BCUT2D eigenvalue weighted by Gasteiger charge is -2.13. The van der Waals surface area contributed by atoms with E-state index < -0.39 is 28.8 Å². The summed E-state index contributed by atoms with van der Waals surface area (Å²) in [7, 11) is 0. The maximum atomic E-state index is 13.1. The number of halogens is 3. The summed E-state index contributed by atoms with van der Waals surface area (Å²) in [5, 5.41) is 3.97. The Balaban J connectivity index is 1.58. The largest absolute Gasteiger partial charge is 0.454 e. The Morgan fingerprint density at radius 1 is 1.06 bits per heavy atom. The van der Waals surface area contributed by atoms with Gasteiger partial charge in [-0.1, -0.05) is 24.3 Å². The van der Waals surface area contributed by atoms with Crippen LogP contribution in [0, 0.1) is 13.8 Å². The Hall–Kier alpha value is -4.21. The zero-order chi connectivity index (χ0) is 24.5. The van der Waals surface area contributed by atoms with Crippen LogP contribution < -0.4 is 5.43 Å². The molecule has 0 saturated heterocycles. The molecule has 10 heteroatoms. The topological polar surface area (TPSA) is 87.2 Å². The van der Waals surface area contributed by atoms with Crippen molar-refractivity contribution in [2.75, 3.05) is 0 Å². The van der Waals surface area contributed by atoms with Gasteiger partial charge >= 0.3 is 12.1 Å². The number of hydrogen-bond donors (Lipinski definition) is 0. The Bertz CT molecular complexity index is 1410. The van der Waals surface area contributed by atoms with E-state index in [0.717, 1.165) is 28.4 Å². The van der Waals surface area contributed by atoms with E-state index in [1.165, 1.54) is 19.1 Å². The van der Waals surface area contributed by atoms with Crippen molar-refractivity contribution in [1.29, 1.82) is 0 Å². The number of aryl methyl sites for hydroxylation is 2. The summed E-state index contributed by atoms with van der Waals surface area (Å²) in [4.78, 5) is 29.3. The normalized spacial score (nSPS) is 11.4. The molecule has 4 rings (SSSR count). The van der Waals surface area contributed by atoms with Gasteiger partial charge in [0.1, 0.15) is 18.1 Å². The van der Waals surface area contributed by atoms with Crippen molar-refractivity contribution < 1.29 is 27.1 Å². The molecule has 0 N–H and O–H groups in total. The van der Waals surface area contributed by atoms with Crippen LogP contribution in [-0.4, -0.2) is 20.7 Å². The molecule has 0 radical (unpaired) electrons. The lowest BCUT2D eigenvalue weighted by atomic mass is 10.2. The Morgan fingerprint density at radius 3 is 2.50 bits per heavy atom. The molecule has 0 saturated carbocycles. The van der Waals surface area contributed by atoms with Crippen molar-refractivity contribution >= 4 is 5.97 Å². The molecule has 34 heavy (non-hydrogen) atoms. The first-order chi connectivity index (χ1) is 16.1. The molecule has 7 nitrogen and oxygen atoms in total. The average molecular weight is 469 g/mol. The number of oxazole rings is 1. The lowest BCUT2D eigenvalue weighted by molar-refractivity contribution is -0.137. The molecule has 0 atom stereocenters. The molecule has 2 aromatic carbocycles. The van der Waals surface area contributed by atoms with E-state index >= 15 is 0 Å². The predicted octanol–water partition coefficient (Wildman–Crippen LogP) is 4.88. The third-order valence-corrected chi connectivity index (χ3v) is 4.97. The first-order valence-electron chi connectivity index (χ1n) is 10.1. The SMILES string of the molecule is Cc1oc(-c2ccccc2)nc1COC(=O)c1nn(-c2cccc(C(F)(F)F)c2)c(C)cc1=O. The summed E-state index contributed by atoms with van der Waals surface area (Å²) in [6.45, 7) is 2.88. The van der Waals surface area contributed by atoms with Gasteiger partial charge in [0.25, 0.3) is 0 Å². The van der Waals surface area contributed by atoms with Gasteiger partial charge in [0.15, 0.2) is 0 Å². The number of hydrogen-bond acceptors (Lipinski definition) is 6. The minimum Gasteiger partial charge on any atom is -0.454 e. The molecule has 2 heterocycles. The quantitative estimate of drug-likeness (QED) is 0.387. The molecule has 0 aliphatic heterocycles. The first kappa shape index (κ1) is 23.0. The highest BCUT2D eigenvalue weighted by Crippen LogP contribution is 2.30. The summed E-state index contributed by atoms with van der Waals surface area (Å²) in [5.41, 5.74) is -0.767. The molecule has 4 aromatic rings. The van der Waals surface area contributed by atoms with Gasteiger partial charge in [-0.15, -0.1) is 0 Å². The molecule has 0 amide bonds. The van der Waals surface area contributed by atoms with Gasteiger partial charge in [0.2, 0.25) is 17.0 Å². The van der Waals surface area contributed by atoms with Crippen LogP contribution in [-0.2, 0) is 17.5 Å². The summed E-state index contributed by atoms with van der Waals surface area (Å²) in [6.07, 6.45) is -4.56. The van der Waals surface area contributed by atoms with E-state index in [1.54, 1.807) is 6.92 Å². The van der Waals surface area contributed by atoms with E-state index in [4.69, 9.17) is 9.15 Å². The molecule has 0 aliphatic rings. The van der Waals surface area contributed by atoms with Crippen LogP contribution in [0.2, 0.25) is 0 Å². The van der Waals surface area contributed by atoms with E-state index in [-0.39, 0.29) is 18.0 Å². The number of carbonyl (C=O) groups excluding carboxylic acids is 1. The van der Waals surface area contributed by atoms with Gasteiger partial charge in [-0.3, -0.25) is 4.79 Å². The Morgan fingerprint density at radius 2 is 1.79 bits per heavy atom. The molecular formula is C24H18F3N3O4. The van der Waals surface area contributed by atoms with Crippen LogP contribution in [0.1, 0.15) is 33.2 Å². The fourth-order valence-corrected chi connectivity index (χ4v) is 3.23. The average Bonchev–Trinajstić information content (AvgIpc) is 3.18. The second kappa shape index (κ2) is 8.97. The number of nitrogens with zero attached hydrogens (tertiary/aromatic N) is 3. The lowest BCUT2D eigenvalue weighted by Crippen LogP contribution is -2.24. The van der Waals surface area contributed by atoms with Crippen molar-refractivity contribution in [2.24, 2.45) is 0 Å². The summed E-state index contributed by atoms with van der Waals surface area (Å²) in [5.74, 6) is -0.246. The number of rotatable bonds is 5. The van der Waals surface area contributed by atoms with Crippen molar-refractivity contribution in [3.63, 3.8) is 0 Å². The van der Waals surface area contributed by atoms with Gasteiger partial charge in [-0.2, -0.15) is 18.3 Å². The second-order valence-corrected chi connectivity index (χ2v) is 7.42. The zero-order valence-corrected chi connectivity index (χ0v) is 18.1. The number of benzene rings is 2. The predicted molar refractivity (Wildman–Crippen MR) is 115 cm³/mol. The number of aromatic nitrogens is 3. The number of carbonyl (C=O) groups is 1. The maximum Gasteiger partial charge on any atom is 0.416 e. The summed E-state index contributed by atoms with van der Waals surface area (Å²) < 4.78 is 51.2. The van der Waals surface area contributed by atoms with Crippen LogP contribution >= 0.6 is 0 Å². The fourth-order valence-electron chi connectivity index (χ4n) is 3.23. The summed E-state index contributed by atoms with van der Waals surface area (Å²) >= 11 is 0. The number of ether oxygens (including phenoxy) is 1. The highest BCUT2D eigenvalue weighted by Gasteiger charge is 2.30. The Labute approximate surface area is 191 Å². The minimum atomic E-state index is -4.56. The molecule has 0 unspecified atom stereocenters. The molecular weight excluding hydrogens is 451 g/mol. The van der Waals surface area contributed by atoms with Gasteiger partial charge in [0.05, 0.1) is 11.3 Å². The number of alkyl halides is 3. The first-order valence-corrected chi connectivity index (χ1v) is 10.1. The molecule has 0 fully saturated rings.